The first-order valence-electron chi connectivity index (χ1n) is 5.23. The normalized spacial score (nSPS) is 10.5. The van der Waals surface area contributed by atoms with Crippen LogP contribution in [-0.2, 0) is 0 Å². The molecule has 0 rings (SSSR count). The van der Waals surface area contributed by atoms with Crippen LogP contribution < -0.4 is 5.32 Å². The Kier molecular flexibility index (Phi) is 11.6. The summed E-state index contributed by atoms with van der Waals surface area (Å²) < 4.78 is 0. The number of hydrogen-bond donors (Lipinski definition) is 2. The van der Waals surface area contributed by atoms with Gasteiger partial charge in [0.05, 0.1) is 0 Å². The van der Waals surface area contributed by atoms with E-state index in [1.54, 1.807) is 0 Å². The standard InChI is InChI=1S/C10H23NS/c1-2-3-4-5-6-7-8-9-11-10-12/h11-12H,2-10H2,1H3. The van der Waals surface area contributed by atoms with E-state index >= 15 is 0 Å². The van der Waals surface area contributed by atoms with Crippen molar-refractivity contribution in [3.8, 4) is 0 Å². The highest BCUT2D eigenvalue weighted by Gasteiger charge is 1.89. The third-order valence-corrected chi connectivity index (χ3v) is 2.29. The fourth-order valence-corrected chi connectivity index (χ4v) is 1.44. The summed E-state index contributed by atoms with van der Waals surface area (Å²) in [5.74, 6) is 0.815. The van der Waals surface area contributed by atoms with E-state index in [4.69, 9.17) is 0 Å². The van der Waals surface area contributed by atoms with Crippen molar-refractivity contribution in [2.75, 3.05) is 12.4 Å². The van der Waals surface area contributed by atoms with E-state index in [1.807, 2.05) is 0 Å². The summed E-state index contributed by atoms with van der Waals surface area (Å²) in [5.41, 5.74) is 0. The lowest BCUT2D eigenvalue weighted by atomic mass is 10.1. The Hall–Kier alpha value is 0.310. The van der Waals surface area contributed by atoms with E-state index in [9.17, 15) is 0 Å². The molecule has 0 aromatic carbocycles. The highest BCUT2D eigenvalue weighted by atomic mass is 32.1. The molecule has 12 heavy (non-hydrogen) atoms. The van der Waals surface area contributed by atoms with Crippen LogP contribution in [0.15, 0.2) is 0 Å². The van der Waals surface area contributed by atoms with Gasteiger partial charge in [-0.15, -0.1) is 0 Å². The number of nitrogens with one attached hydrogen (secondary N) is 1. The largest absolute Gasteiger partial charge is 0.308 e. The molecule has 1 nitrogen and oxygen atoms in total. The first-order valence-corrected chi connectivity index (χ1v) is 5.86. The molecule has 0 aromatic heterocycles. The van der Waals surface area contributed by atoms with Crippen molar-refractivity contribution < 1.29 is 0 Å². The monoisotopic (exact) mass is 189 g/mol. The van der Waals surface area contributed by atoms with Crippen LogP contribution >= 0.6 is 12.6 Å². The van der Waals surface area contributed by atoms with Gasteiger partial charge in [0.25, 0.3) is 0 Å². The Labute approximate surface area is 82.7 Å². The van der Waals surface area contributed by atoms with Crippen molar-refractivity contribution in [3.63, 3.8) is 0 Å². The molecule has 0 radical (unpaired) electrons. The average Bonchev–Trinajstić information content (AvgIpc) is 2.10. The molecule has 0 heterocycles. The maximum Gasteiger partial charge on any atom is 0.0387 e. The Bertz CT molecular complexity index is 66.2. The Morgan fingerprint density at radius 3 is 2.08 bits per heavy atom. The second-order valence-corrected chi connectivity index (χ2v) is 3.60. The fourth-order valence-electron chi connectivity index (χ4n) is 1.29. The maximum atomic E-state index is 4.08. The summed E-state index contributed by atoms with van der Waals surface area (Å²) in [4.78, 5) is 0. The van der Waals surface area contributed by atoms with E-state index in [-0.39, 0.29) is 0 Å². The molecule has 0 aliphatic carbocycles. The first kappa shape index (κ1) is 12.3. The summed E-state index contributed by atoms with van der Waals surface area (Å²) in [5, 5.41) is 3.21. The van der Waals surface area contributed by atoms with Gasteiger partial charge in [0.15, 0.2) is 0 Å². The predicted octanol–water partition coefficient (Wildman–Crippen LogP) is 3.21. The second kappa shape index (κ2) is 11.3. The third kappa shape index (κ3) is 10.3. The second-order valence-electron chi connectivity index (χ2n) is 3.28. The molecular weight excluding hydrogens is 166 g/mol. The van der Waals surface area contributed by atoms with Crippen LogP contribution in [0, 0.1) is 0 Å². The summed E-state index contributed by atoms with van der Waals surface area (Å²) in [7, 11) is 0. The molecule has 0 bridgehead atoms. The fraction of sp³-hybridized carbons (Fsp3) is 1.00. The summed E-state index contributed by atoms with van der Waals surface area (Å²) in [6.45, 7) is 3.40. The van der Waals surface area contributed by atoms with E-state index in [0.29, 0.717) is 0 Å². The minimum Gasteiger partial charge on any atom is -0.308 e. The molecule has 74 valence electrons. The average molecular weight is 189 g/mol. The van der Waals surface area contributed by atoms with Crippen molar-refractivity contribution in [2.45, 2.75) is 51.9 Å². The van der Waals surface area contributed by atoms with Gasteiger partial charge in [-0.2, -0.15) is 12.6 Å². The quantitative estimate of drug-likeness (QED) is 0.322. The molecule has 0 atom stereocenters. The molecule has 0 aromatic rings. The summed E-state index contributed by atoms with van der Waals surface area (Å²) >= 11 is 4.08. The minimum absolute atomic E-state index is 0.815. The van der Waals surface area contributed by atoms with Crippen molar-refractivity contribution in [1.29, 1.82) is 0 Å². The number of unbranched alkanes of at least 4 members (excludes halogenated alkanes) is 6. The molecular formula is C10H23NS. The van der Waals surface area contributed by atoms with Crippen molar-refractivity contribution >= 4 is 12.6 Å². The van der Waals surface area contributed by atoms with E-state index in [0.717, 1.165) is 12.4 Å². The van der Waals surface area contributed by atoms with Crippen LogP contribution in [0.5, 0.6) is 0 Å². The van der Waals surface area contributed by atoms with Gasteiger partial charge in [-0.25, -0.2) is 0 Å². The molecule has 0 aliphatic heterocycles. The highest BCUT2D eigenvalue weighted by Crippen LogP contribution is 2.05. The van der Waals surface area contributed by atoms with Crippen LogP contribution in [0.3, 0.4) is 0 Å². The number of hydrogen-bond acceptors (Lipinski definition) is 2. The molecule has 0 fully saturated rings. The SMILES string of the molecule is CCCCCCCCCNCS. The molecule has 1 N–H and O–H groups in total. The van der Waals surface area contributed by atoms with E-state index in [1.165, 1.54) is 44.9 Å². The van der Waals surface area contributed by atoms with Crippen LogP contribution in [0.25, 0.3) is 0 Å². The zero-order chi connectivity index (χ0) is 9.07. The molecule has 0 saturated carbocycles. The zero-order valence-electron chi connectivity index (χ0n) is 8.31. The van der Waals surface area contributed by atoms with Crippen LogP contribution in [0.4, 0.5) is 0 Å². The summed E-state index contributed by atoms with van der Waals surface area (Å²) in [6.07, 6.45) is 9.72. The number of thiol groups is 1. The Morgan fingerprint density at radius 2 is 1.50 bits per heavy atom. The third-order valence-electron chi connectivity index (χ3n) is 2.07. The van der Waals surface area contributed by atoms with E-state index < -0.39 is 0 Å². The van der Waals surface area contributed by atoms with Crippen LogP contribution in [0.2, 0.25) is 0 Å². The lowest BCUT2D eigenvalue weighted by Crippen LogP contribution is -2.12. The van der Waals surface area contributed by atoms with Gasteiger partial charge >= 0.3 is 0 Å². The van der Waals surface area contributed by atoms with Gasteiger partial charge in [-0.1, -0.05) is 45.4 Å². The predicted molar refractivity (Wildman–Crippen MR) is 59.8 cm³/mol. The maximum absolute atomic E-state index is 4.08. The van der Waals surface area contributed by atoms with Gasteiger partial charge < -0.3 is 5.32 Å². The lowest BCUT2D eigenvalue weighted by Gasteiger charge is -2.01. The smallest absolute Gasteiger partial charge is 0.0387 e. The number of rotatable bonds is 9. The first-order chi connectivity index (χ1) is 5.91. The Balaban J connectivity index is 2.73. The molecule has 0 unspecified atom stereocenters. The van der Waals surface area contributed by atoms with Crippen LogP contribution in [-0.4, -0.2) is 12.4 Å². The summed E-state index contributed by atoms with van der Waals surface area (Å²) in [6, 6.07) is 0. The molecule has 0 amide bonds. The van der Waals surface area contributed by atoms with E-state index in [2.05, 4.69) is 24.9 Å². The van der Waals surface area contributed by atoms with Crippen LogP contribution in [0.1, 0.15) is 51.9 Å². The minimum atomic E-state index is 0.815. The van der Waals surface area contributed by atoms with Gasteiger partial charge in [0, 0.05) is 5.88 Å². The van der Waals surface area contributed by atoms with Gasteiger partial charge in [-0.05, 0) is 13.0 Å². The lowest BCUT2D eigenvalue weighted by molar-refractivity contribution is 0.576. The van der Waals surface area contributed by atoms with Crippen molar-refractivity contribution in [2.24, 2.45) is 0 Å². The van der Waals surface area contributed by atoms with Crippen molar-refractivity contribution in [1.82, 2.24) is 5.32 Å². The van der Waals surface area contributed by atoms with Crippen molar-refractivity contribution in [3.05, 3.63) is 0 Å². The molecule has 0 saturated heterocycles. The molecule has 0 spiro atoms. The highest BCUT2D eigenvalue weighted by molar-refractivity contribution is 7.80. The van der Waals surface area contributed by atoms with Gasteiger partial charge in [0.1, 0.15) is 0 Å². The van der Waals surface area contributed by atoms with Gasteiger partial charge in [-0.3, -0.25) is 0 Å². The molecule has 2 heteroatoms. The zero-order valence-corrected chi connectivity index (χ0v) is 9.21. The molecule has 0 aliphatic rings. The van der Waals surface area contributed by atoms with Gasteiger partial charge in [0.2, 0.25) is 0 Å². The topological polar surface area (TPSA) is 12.0 Å². The Morgan fingerprint density at radius 1 is 0.917 bits per heavy atom.